The van der Waals surface area contributed by atoms with E-state index in [0.29, 0.717) is 12.3 Å². The molecule has 0 aromatic heterocycles. The third kappa shape index (κ3) is 5.45. The van der Waals surface area contributed by atoms with E-state index in [1.165, 1.54) is 0 Å². The zero-order valence-corrected chi connectivity index (χ0v) is 12.9. The van der Waals surface area contributed by atoms with Crippen LogP contribution in [0.4, 0.5) is 0 Å². The van der Waals surface area contributed by atoms with Crippen molar-refractivity contribution in [3.63, 3.8) is 0 Å². The monoisotopic (exact) mass is 293 g/mol. The summed E-state index contributed by atoms with van der Waals surface area (Å²) >= 11 is 0. The molecule has 0 saturated carbocycles. The molecular weight excluding hydrogens is 270 g/mol. The molecular formula is C16H23NO4. The van der Waals surface area contributed by atoms with Crippen LogP contribution in [0, 0.1) is 13.8 Å². The molecule has 116 valence electrons. The number of carbonyl (C=O) groups is 2. The zero-order valence-electron chi connectivity index (χ0n) is 12.9. The summed E-state index contributed by atoms with van der Waals surface area (Å²) in [6.45, 7) is 6.58. The van der Waals surface area contributed by atoms with Crippen molar-refractivity contribution < 1.29 is 19.4 Å². The fraction of sp³-hybridized carbons (Fsp3) is 0.500. The van der Waals surface area contributed by atoms with Gasteiger partial charge in [0, 0.05) is 13.1 Å². The number of carboxylic acids is 1. The van der Waals surface area contributed by atoms with Crippen molar-refractivity contribution in [2.24, 2.45) is 0 Å². The summed E-state index contributed by atoms with van der Waals surface area (Å²) in [5.74, 6) is -0.392. The second kappa shape index (κ2) is 8.29. The van der Waals surface area contributed by atoms with Gasteiger partial charge in [-0.1, -0.05) is 19.1 Å². The zero-order chi connectivity index (χ0) is 15.8. The summed E-state index contributed by atoms with van der Waals surface area (Å²) in [5, 5.41) is 8.72. The van der Waals surface area contributed by atoms with E-state index >= 15 is 0 Å². The first-order valence-corrected chi connectivity index (χ1v) is 7.14. The first kappa shape index (κ1) is 17.0. The molecule has 0 aliphatic heterocycles. The molecule has 0 atom stereocenters. The molecule has 0 aliphatic carbocycles. The highest BCUT2D eigenvalue weighted by atomic mass is 16.5. The van der Waals surface area contributed by atoms with Crippen LogP contribution in [0.1, 0.15) is 30.9 Å². The number of nitrogens with zero attached hydrogens (tertiary/aromatic N) is 1. The van der Waals surface area contributed by atoms with Crippen molar-refractivity contribution in [3.05, 3.63) is 29.3 Å². The predicted octanol–water partition coefficient (Wildman–Crippen LogP) is 2.40. The minimum absolute atomic E-state index is 0.0464. The predicted molar refractivity (Wildman–Crippen MR) is 80.5 cm³/mol. The molecule has 1 N–H and O–H groups in total. The quantitative estimate of drug-likeness (QED) is 0.799. The minimum Gasteiger partial charge on any atom is -0.483 e. The highest BCUT2D eigenvalue weighted by Gasteiger charge is 2.15. The van der Waals surface area contributed by atoms with Gasteiger partial charge in [0.15, 0.2) is 6.61 Å². The number of rotatable bonds is 8. The summed E-state index contributed by atoms with van der Waals surface area (Å²) in [6.07, 6.45) is 0.740. The topological polar surface area (TPSA) is 66.8 Å². The molecule has 0 unspecified atom stereocenters. The van der Waals surface area contributed by atoms with Crippen molar-refractivity contribution in [2.45, 2.75) is 33.6 Å². The number of hydrogen-bond donors (Lipinski definition) is 1. The number of carbonyl (C=O) groups excluding carboxylic acids is 1. The molecule has 0 aliphatic rings. The average Bonchev–Trinajstić information content (AvgIpc) is 2.44. The van der Waals surface area contributed by atoms with E-state index in [1.807, 2.05) is 39.0 Å². The van der Waals surface area contributed by atoms with Crippen molar-refractivity contribution in [1.82, 2.24) is 4.90 Å². The lowest BCUT2D eigenvalue weighted by Gasteiger charge is -2.21. The minimum atomic E-state index is -0.903. The largest absolute Gasteiger partial charge is 0.483 e. The van der Waals surface area contributed by atoms with Gasteiger partial charge in [0.1, 0.15) is 5.75 Å². The van der Waals surface area contributed by atoms with Gasteiger partial charge >= 0.3 is 5.97 Å². The summed E-state index contributed by atoms with van der Waals surface area (Å²) in [7, 11) is 0. The van der Waals surface area contributed by atoms with Crippen LogP contribution in [0.25, 0.3) is 0 Å². The highest BCUT2D eigenvalue weighted by Crippen LogP contribution is 2.20. The molecule has 0 spiro atoms. The molecule has 0 heterocycles. The Kier molecular flexibility index (Phi) is 6.72. The molecule has 1 aromatic rings. The SMILES string of the molecule is CCCN(CCC(=O)O)C(=O)COc1cccc(C)c1C. The van der Waals surface area contributed by atoms with Crippen LogP contribution >= 0.6 is 0 Å². The van der Waals surface area contributed by atoms with Gasteiger partial charge in [-0.05, 0) is 37.5 Å². The first-order valence-electron chi connectivity index (χ1n) is 7.14. The Labute approximate surface area is 125 Å². The molecule has 0 radical (unpaired) electrons. The van der Waals surface area contributed by atoms with Crippen LogP contribution in [0.5, 0.6) is 5.75 Å². The summed E-state index contributed by atoms with van der Waals surface area (Å²) < 4.78 is 5.57. The number of hydrogen-bond acceptors (Lipinski definition) is 3. The van der Waals surface area contributed by atoms with Gasteiger partial charge in [0.05, 0.1) is 6.42 Å². The average molecular weight is 293 g/mol. The number of aryl methyl sites for hydroxylation is 1. The molecule has 5 nitrogen and oxygen atoms in total. The van der Waals surface area contributed by atoms with E-state index in [1.54, 1.807) is 4.90 Å². The van der Waals surface area contributed by atoms with E-state index in [0.717, 1.165) is 17.5 Å². The van der Waals surface area contributed by atoms with E-state index in [9.17, 15) is 9.59 Å². The van der Waals surface area contributed by atoms with Crippen LogP contribution in [-0.4, -0.2) is 41.6 Å². The van der Waals surface area contributed by atoms with E-state index < -0.39 is 5.97 Å². The maximum absolute atomic E-state index is 12.1. The maximum Gasteiger partial charge on any atom is 0.305 e. The van der Waals surface area contributed by atoms with Crippen LogP contribution in [-0.2, 0) is 9.59 Å². The van der Waals surface area contributed by atoms with Gasteiger partial charge in [0.25, 0.3) is 5.91 Å². The Morgan fingerprint density at radius 2 is 1.95 bits per heavy atom. The third-order valence-electron chi connectivity index (χ3n) is 3.35. The van der Waals surface area contributed by atoms with Gasteiger partial charge < -0.3 is 14.7 Å². The van der Waals surface area contributed by atoms with Gasteiger partial charge in [0.2, 0.25) is 0 Å². The summed E-state index contributed by atoms with van der Waals surface area (Å²) in [6, 6.07) is 5.70. The Morgan fingerprint density at radius 3 is 2.57 bits per heavy atom. The second-order valence-corrected chi connectivity index (χ2v) is 5.01. The lowest BCUT2D eigenvalue weighted by molar-refractivity contribution is -0.139. The number of ether oxygens (including phenoxy) is 1. The van der Waals surface area contributed by atoms with Crippen molar-refractivity contribution in [1.29, 1.82) is 0 Å². The fourth-order valence-electron chi connectivity index (χ4n) is 1.97. The molecule has 5 heteroatoms. The number of amides is 1. The highest BCUT2D eigenvalue weighted by molar-refractivity contribution is 5.78. The molecule has 21 heavy (non-hydrogen) atoms. The number of benzene rings is 1. The van der Waals surface area contributed by atoms with E-state index in [4.69, 9.17) is 9.84 Å². The molecule has 1 amide bonds. The van der Waals surface area contributed by atoms with E-state index in [-0.39, 0.29) is 25.5 Å². The molecule has 0 saturated heterocycles. The standard InChI is InChI=1S/C16H23NO4/c1-4-9-17(10-8-16(19)20)15(18)11-21-14-7-5-6-12(2)13(14)3/h5-7H,4,8-11H2,1-3H3,(H,19,20). The molecule has 0 bridgehead atoms. The molecule has 0 fully saturated rings. The van der Waals surface area contributed by atoms with Crippen molar-refractivity contribution >= 4 is 11.9 Å². The van der Waals surface area contributed by atoms with Crippen molar-refractivity contribution in [3.8, 4) is 5.75 Å². The van der Waals surface area contributed by atoms with Gasteiger partial charge in [-0.3, -0.25) is 9.59 Å². The van der Waals surface area contributed by atoms with Crippen LogP contribution < -0.4 is 4.74 Å². The summed E-state index contributed by atoms with van der Waals surface area (Å²) in [4.78, 5) is 24.3. The Hall–Kier alpha value is -2.04. The van der Waals surface area contributed by atoms with Gasteiger partial charge in [-0.15, -0.1) is 0 Å². The Bertz CT molecular complexity index is 499. The van der Waals surface area contributed by atoms with Gasteiger partial charge in [-0.25, -0.2) is 0 Å². The smallest absolute Gasteiger partial charge is 0.305 e. The summed E-state index contributed by atoms with van der Waals surface area (Å²) in [5.41, 5.74) is 2.12. The van der Waals surface area contributed by atoms with Crippen LogP contribution in [0.3, 0.4) is 0 Å². The maximum atomic E-state index is 12.1. The molecule has 1 rings (SSSR count). The third-order valence-corrected chi connectivity index (χ3v) is 3.35. The number of aliphatic carboxylic acids is 1. The fourth-order valence-corrected chi connectivity index (χ4v) is 1.97. The first-order chi connectivity index (χ1) is 9.95. The van der Waals surface area contributed by atoms with Crippen molar-refractivity contribution in [2.75, 3.05) is 19.7 Å². The normalized spacial score (nSPS) is 10.2. The van der Waals surface area contributed by atoms with Crippen LogP contribution in [0.2, 0.25) is 0 Å². The lowest BCUT2D eigenvalue weighted by atomic mass is 10.1. The van der Waals surface area contributed by atoms with Gasteiger partial charge in [-0.2, -0.15) is 0 Å². The number of carboxylic acid groups (broad SMARTS) is 1. The Morgan fingerprint density at radius 1 is 1.24 bits per heavy atom. The second-order valence-electron chi connectivity index (χ2n) is 5.01. The Balaban J connectivity index is 2.60. The van der Waals surface area contributed by atoms with Crippen LogP contribution in [0.15, 0.2) is 18.2 Å². The van der Waals surface area contributed by atoms with E-state index in [2.05, 4.69) is 0 Å². The molecule has 1 aromatic carbocycles. The lowest BCUT2D eigenvalue weighted by Crippen LogP contribution is -2.37.